The molecule has 2 aromatic rings. The van der Waals surface area contributed by atoms with Crippen molar-refractivity contribution in [3.63, 3.8) is 0 Å². The minimum Gasteiger partial charge on any atom is -0.460 e. The van der Waals surface area contributed by atoms with Crippen LogP contribution in [0.15, 0.2) is 23.0 Å². The van der Waals surface area contributed by atoms with Crippen LogP contribution in [0.1, 0.15) is 89.7 Å². The lowest BCUT2D eigenvalue weighted by atomic mass is 9.77. The number of imide groups is 1. The highest BCUT2D eigenvalue weighted by Crippen LogP contribution is 2.38. The number of imidazole rings is 1. The van der Waals surface area contributed by atoms with Gasteiger partial charge in [0.25, 0.3) is 0 Å². The summed E-state index contributed by atoms with van der Waals surface area (Å²) in [5, 5.41) is 2.35. The van der Waals surface area contributed by atoms with E-state index in [9.17, 15) is 19.2 Å². The number of carbonyl (C=O) groups excluding carboxylic acids is 3. The first-order chi connectivity index (χ1) is 16.0. The minimum atomic E-state index is -0.667. The van der Waals surface area contributed by atoms with Gasteiger partial charge in [0.15, 0.2) is 0 Å². The lowest BCUT2D eigenvalue weighted by Crippen LogP contribution is -2.44. The molecule has 8 nitrogen and oxygen atoms in total. The lowest BCUT2D eigenvalue weighted by Gasteiger charge is -2.29. The van der Waals surface area contributed by atoms with Crippen LogP contribution in [-0.4, -0.2) is 32.5 Å². The monoisotopic (exact) mass is 469 g/mol. The molecular weight excluding hydrogens is 434 g/mol. The molecule has 1 saturated heterocycles. The van der Waals surface area contributed by atoms with E-state index in [0.717, 1.165) is 43.1 Å². The van der Waals surface area contributed by atoms with Crippen LogP contribution in [0, 0.1) is 5.92 Å². The van der Waals surface area contributed by atoms with E-state index in [1.54, 1.807) is 11.6 Å². The Bertz CT molecular complexity index is 1160. The van der Waals surface area contributed by atoms with Crippen LogP contribution in [0.5, 0.6) is 0 Å². The Labute approximate surface area is 199 Å². The Hall–Kier alpha value is -2.90. The number of fused-ring (bicyclic) bond motifs is 1. The number of ether oxygens (including phenoxy) is 1. The van der Waals surface area contributed by atoms with Crippen LogP contribution in [-0.2, 0) is 26.2 Å². The highest BCUT2D eigenvalue weighted by atomic mass is 16.6. The van der Waals surface area contributed by atoms with E-state index in [0.29, 0.717) is 24.7 Å². The molecular formula is C26H35N3O5. The van der Waals surface area contributed by atoms with Gasteiger partial charge in [-0.3, -0.25) is 28.8 Å². The van der Waals surface area contributed by atoms with Gasteiger partial charge in [0.1, 0.15) is 11.6 Å². The number of benzene rings is 1. The van der Waals surface area contributed by atoms with Gasteiger partial charge >= 0.3 is 11.7 Å². The number of nitrogens with one attached hydrogen (secondary N) is 1. The van der Waals surface area contributed by atoms with Crippen molar-refractivity contribution >= 4 is 28.8 Å². The summed E-state index contributed by atoms with van der Waals surface area (Å²) in [4.78, 5) is 48.9. The fourth-order valence-electron chi connectivity index (χ4n) is 5.36. The number of rotatable bonds is 5. The maximum atomic E-state index is 13.0. The van der Waals surface area contributed by atoms with Crippen LogP contribution in [0.2, 0.25) is 0 Å². The molecule has 1 aromatic carbocycles. The number of piperidine rings is 1. The molecule has 0 bridgehead atoms. The Kier molecular flexibility index (Phi) is 6.69. The van der Waals surface area contributed by atoms with E-state index in [1.807, 2.05) is 26.8 Å². The number of carbonyl (C=O) groups is 3. The van der Waals surface area contributed by atoms with Crippen molar-refractivity contribution in [2.75, 3.05) is 0 Å². The van der Waals surface area contributed by atoms with Gasteiger partial charge in [0, 0.05) is 19.9 Å². The van der Waals surface area contributed by atoms with Crippen LogP contribution >= 0.6 is 0 Å². The summed E-state index contributed by atoms with van der Waals surface area (Å²) in [7, 11) is 1.73. The number of aromatic nitrogens is 2. The van der Waals surface area contributed by atoms with Crippen LogP contribution < -0.4 is 11.0 Å². The number of amides is 2. The predicted octanol–water partition coefficient (Wildman–Crippen LogP) is 3.71. The number of hydrogen-bond acceptors (Lipinski definition) is 5. The summed E-state index contributed by atoms with van der Waals surface area (Å²) >= 11 is 0. The van der Waals surface area contributed by atoms with E-state index in [1.165, 1.54) is 10.1 Å². The zero-order valence-electron chi connectivity index (χ0n) is 20.6. The van der Waals surface area contributed by atoms with E-state index >= 15 is 0 Å². The molecule has 2 fully saturated rings. The van der Waals surface area contributed by atoms with Crippen molar-refractivity contribution in [1.29, 1.82) is 0 Å². The second-order valence-electron chi connectivity index (χ2n) is 10.8. The third-order valence-corrected chi connectivity index (χ3v) is 7.13. The lowest BCUT2D eigenvalue weighted by molar-refractivity contribution is -0.155. The van der Waals surface area contributed by atoms with Gasteiger partial charge in [-0.05, 0) is 88.8 Å². The molecule has 4 rings (SSSR count). The summed E-state index contributed by atoms with van der Waals surface area (Å²) in [6.45, 7) is 5.67. The standard InChI is InChI=1S/C26H35N3O5/c1-26(2,3)34-23(31)14-7-16-5-8-17(9-6-16)18-10-11-19-21(15-18)28(4)25(33)29(19)20-12-13-22(30)27-24(20)32/h10-11,15-17,20H,5-9,12-14H2,1-4H3,(H,27,30,32). The Balaban J connectivity index is 1.44. The van der Waals surface area contributed by atoms with Crippen molar-refractivity contribution in [2.45, 2.75) is 89.7 Å². The zero-order chi connectivity index (χ0) is 24.6. The molecule has 1 aromatic heterocycles. The fourth-order valence-corrected chi connectivity index (χ4v) is 5.36. The molecule has 0 spiro atoms. The number of esters is 1. The summed E-state index contributed by atoms with van der Waals surface area (Å²) in [5.41, 5.74) is 2.04. The topological polar surface area (TPSA) is 99.4 Å². The fraction of sp³-hybridized carbons (Fsp3) is 0.615. The smallest absolute Gasteiger partial charge is 0.329 e. The zero-order valence-corrected chi connectivity index (χ0v) is 20.6. The van der Waals surface area contributed by atoms with Crippen LogP contribution in [0.3, 0.4) is 0 Å². The van der Waals surface area contributed by atoms with Gasteiger partial charge in [-0.15, -0.1) is 0 Å². The van der Waals surface area contributed by atoms with Crippen molar-refractivity contribution in [2.24, 2.45) is 13.0 Å². The maximum Gasteiger partial charge on any atom is 0.329 e. The Morgan fingerprint density at radius 2 is 1.76 bits per heavy atom. The quantitative estimate of drug-likeness (QED) is 0.532. The number of hydrogen-bond donors (Lipinski definition) is 1. The molecule has 184 valence electrons. The van der Waals surface area contributed by atoms with Gasteiger partial charge < -0.3 is 4.74 Å². The molecule has 2 aliphatic rings. The highest BCUT2D eigenvalue weighted by molar-refractivity contribution is 6.00. The summed E-state index contributed by atoms with van der Waals surface area (Å²) < 4.78 is 8.54. The SMILES string of the molecule is Cn1c(=O)n(C2CCC(=O)NC2=O)c2ccc(C3CCC(CCC(=O)OC(C)(C)C)CC3)cc21. The summed E-state index contributed by atoms with van der Waals surface area (Å²) in [5.74, 6) is 0.112. The van der Waals surface area contributed by atoms with Gasteiger partial charge in [0.05, 0.1) is 11.0 Å². The summed E-state index contributed by atoms with van der Waals surface area (Å²) in [6, 6.07) is 5.41. The largest absolute Gasteiger partial charge is 0.460 e. The number of nitrogens with zero attached hydrogens (tertiary/aromatic N) is 2. The molecule has 8 heteroatoms. The van der Waals surface area contributed by atoms with Crippen molar-refractivity contribution < 1.29 is 19.1 Å². The van der Waals surface area contributed by atoms with Crippen molar-refractivity contribution in [3.05, 3.63) is 34.2 Å². The second-order valence-corrected chi connectivity index (χ2v) is 10.8. The summed E-state index contributed by atoms with van der Waals surface area (Å²) in [6.07, 6.45) is 6.13. The molecule has 1 atom stereocenters. The first-order valence-electron chi connectivity index (χ1n) is 12.3. The van der Waals surface area contributed by atoms with Gasteiger partial charge in [0.2, 0.25) is 11.8 Å². The molecule has 1 unspecified atom stereocenters. The molecule has 1 aliphatic carbocycles. The van der Waals surface area contributed by atoms with Gasteiger partial charge in [-0.25, -0.2) is 4.79 Å². The van der Waals surface area contributed by atoms with Gasteiger partial charge in [-0.1, -0.05) is 6.07 Å². The van der Waals surface area contributed by atoms with Crippen LogP contribution in [0.4, 0.5) is 0 Å². The number of aryl methyl sites for hydroxylation is 1. The van der Waals surface area contributed by atoms with Crippen LogP contribution in [0.25, 0.3) is 11.0 Å². The molecule has 2 heterocycles. The third kappa shape index (κ3) is 5.10. The Morgan fingerprint density at radius 1 is 1.06 bits per heavy atom. The van der Waals surface area contributed by atoms with E-state index in [-0.39, 0.29) is 24.0 Å². The maximum absolute atomic E-state index is 13.0. The first kappa shape index (κ1) is 24.2. The minimum absolute atomic E-state index is 0.124. The third-order valence-electron chi connectivity index (χ3n) is 7.13. The van der Waals surface area contributed by atoms with Crippen molar-refractivity contribution in [1.82, 2.24) is 14.5 Å². The second kappa shape index (κ2) is 9.39. The molecule has 1 aliphatic heterocycles. The van der Waals surface area contributed by atoms with E-state index < -0.39 is 17.6 Å². The molecule has 2 amide bonds. The normalized spacial score (nSPS) is 23.7. The molecule has 1 N–H and O–H groups in total. The first-order valence-corrected chi connectivity index (χ1v) is 12.3. The average molecular weight is 470 g/mol. The highest BCUT2D eigenvalue weighted by Gasteiger charge is 2.31. The van der Waals surface area contributed by atoms with Gasteiger partial charge in [-0.2, -0.15) is 0 Å². The van der Waals surface area contributed by atoms with Crippen molar-refractivity contribution in [3.8, 4) is 0 Å². The molecule has 1 saturated carbocycles. The Morgan fingerprint density at radius 3 is 2.41 bits per heavy atom. The van der Waals surface area contributed by atoms with E-state index in [4.69, 9.17) is 4.74 Å². The average Bonchev–Trinajstić information content (AvgIpc) is 3.01. The predicted molar refractivity (Wildman–Crippen MR) is 128 cm³/mol. The molecule has 34 heavy (non-hydrogen) atoms. The van der Waals surface area contributed by atoms with E-state index in [2.05, 4.69) is 17.4 Å². The molecule has 0 radical (unpaired) electrons.